The maximum absolute atomic E-state index is 12.5. The fourth-order valence-electron chi connectivity index (χ4n) is 2.94. The zero-order valence-electron chi connectivity index (χ0n) is 15.2. The number of rotatable bonds is 8. The van der Waals surface area contributed by atoms with E-state index >= 15 is 0 Å². The van der Waals surface area contributed by atoms with E-state index in [1.54, 1.807) is 11.8 Å². The van der Waals surface area contributed by atoms with Gasteiger partial charge in [0, 0.05) is 19.5 Å². The molecule has 1 rings (SSSR count). The van der Waals surface area contributed by atoms with Crippen LogP contribution in [0.5, 0.6) is 0 Å². The third-order valence-electron chi connectivity index (χ3n) is 4.49. The lowest BCUT2D eigenvalue weighted by Crippen LogP contribution is -2.54. The summed E-state index contributed by atoms with van der Waals surface area (Å²) < 4.78 is 0. The molecule has 0 aromatic carbocycles. The Morgan fingerprint density at radius 3 is 2.65 bits per heavy atom. The van der Waals surface area contributed by atoms with E-state index in [0.29, 0.717) is 25.3 Å². The van der Waals surface area contributed by atoms with Gasteiger partial charge in [-0.1, -0.05) is 20.8 Å². The van der Waals surface area contributed by atoms with E-state index in [0.717, 1.165) is 32.1 Å². The first-order chi connectivity index (χ1) is 10.8. The Morgan fingerprint density at radius 2 is 2.04 bits per heavy atom. The predicted molar refractivity (Wildman–Crippen MR) is 92.0 cm³/mol. The Bertz CT molecular complexity index is 394. The van der Waals surface area contributed by atoms with Crippen molar-refractivity contribution in [2.45, 2.75) is 84.3 Å². The van der Waals surface area contributed by atoms with Gasteiger partial charge in [-0.05, 0) is 51.4 Å². The summed E-state index contributed by atoms with van der Waals surface area (Å²) in [6.07, 6.45) is 5.53. The Labute approximate surface area is 140 Å². The van der Waals surface area contributed by atoms with Crippen LogP contribution >= 0.6 is 0 Å². The van der Waals surface area contributed by atoms with Gasteiger partial charge in [0.2, 0.25) is 11.8 Å². The minimum absolute atomic E-state index is 0.0684. The van der Waals surface area contributed by atoms with Crippen LogP contribution in [-0.2, 0) is 9.59 Å². The van der Waals surface area contributed by atoms with Crippen molar-refractivity contribution in [1.82, 2.24) is 10.2 Å². The van der Waals surface area contributed by atoms with Crippen LogP contribution in [0.15, 0.2) is 0 Å². The van der Waals surface area contributed by atoms with Crippen molar-refractivity contribution in [2.75, 3.05) is 13.1 Å². The van der Waals surface area contributed by atoms with Gasteiger partial charge >= 0.3 is 0 Å². The molecule has 0 aromatic heterocycles. The number of amides is 2. The first-order valence-electron chi connectivity index (χ1n) is 9.06. The minimum Gasteiger partial charge on any atom is -0.388 e. The second kappa shape index (κ2) is 9.26. The van der Waals surface area contributed by atoms with Gasteiger partial charge in [0.15, 0.2) is 0 Å². The second-order valence-corrected chi connectivity index (χ2v) is 7.50. The lowest BCUT2D eigenvalue weighted by atomic mass is 9.95. The number of carbonyl (C=O) groups excluding carboxylic acids is 2. The van der Waals surface area contributed by atoms with Crippen LogP contribution in [0.25, 0.3) is 0 Å². The highest BCUT2D eigenvalue weighted by molar-refractivity contribution is 5.87. The molecular formula is C18H34N2O3. The maximum Gasteiger partial charge on any atom is 0.242 e. The summed E-state index contributed by atoms with van der Waals surface area (Å²) >= 11 is 0. The third kappa shape index (κ3) is 6.90. The zero-order valence-corrected chi connectivity index (χ0v) is 15.2. The van der Waals surface area contributed by atoms with Gasteiger partial charge in [0.1, 0.15) is 6.04 Å². The highest BCUT2D eigenvalue weighted by Gasteiger charge is 2.32. The monoisotopic (exact) mass is 326 g/mol. The number of hydrogen-bond acceptors (Lipinski definition) is 3. The van der Waals surface area contributed by atoms with Gasteiger partial charge in [-0.25, -0.2) is 0 Å². The number of nitrogens with zero attached hydrogens (tertiary/aromatic N) is 1. The van der Waals surface area contributed by atoms with Crippen LogP contribution in [-0.4, -0.2) is 46.6 Å². The summed E-state index contributed by atoms with van der Waals surface area (Å²) in [5.74, 6) is 0.468. The molecule has 2 atom stereocenters. The van der Waals surface area contributed by atoms with Crippen molar-refractivity contribution in [2.24, 2.45) is 5.92 Å². The average molecular weight is 326 g/mol. The molecule has 1 aliphatic rings. The Balaban J connectivity index is 2.55. The van der Waals surface area contributed by atoms with Crippen LogP contribution in [0.1, 0.15) is 72.6 Å². The summed E-state index contributed by atoms with van der Waals surface area (Å²) in [7, 11) is 0. The van der Waals surface area contributed by atoms with Crippen molar-refractivity contribution in [3.05, 3.63) is 0 Å². The normalized spacial score (nSPS) is 21.1. The molecule has 5 nitrogen and oxygen atoms in total. The van der Waals surface area contributed by atoms with Crippen molar-refractivity contribution in [1.29, 1.82) is 0 Å². The van der Waals surface area contributed by atoms with E-state index in [1.807, 2.05) is 6.92 Å². The Morgan fingerprint density at radius 1 is 1.35 bits per heavy atom. The molecule has 1 heterocycles. The molecule has 134 valence electrons. The van der Waals surface area contributed by atoms with Crippen LogP contribution in [0.4, 0.5) is 0 Å². The van der Waals surface area contributed by atoms with E-state index in [-0.39, 0.29) is 24.4 Å². The van der Waals surface area contributed by atoms with Crippen LogP contribution < -0.4 is 5.32 Å². The Hall–Kier alpha value is -1.10. The average Bonchev–Trinajstić information content (AvgIpc) is 2.51. The van der Waals surface area contributed by atoms with E-state index in [9.17, 15) is 14.7 Å². The number of aliphatic hydroxyl groups is 1. The quantitative estimate of drug-likeness (QED) is 0.720. The molecule has 0 unspecified atom stereocenters. The molecule has 0 radical (unpaired) electrons. The van der Waals surface area contributed by atoms with Gasteiger partial charge in [-0.15, -0.1) is 0 Å². The lowest BCUT2D eigenvalue weighted by Gasteiger charge is -2.35. The molecule has 5 heteroatoms. The molecule has 1 aliphatic heterocycles. The number of piperidine rings is 1. The molecule has 2 amide bonds. The number of hydrogen-bond donors (Lipinski definition) is 2. The molecule has 23 heavy (non-hydrogen) atoms. The largest absolute Gasteiger partial charge is 0.388 e. The number of nitrogens with one attached hydrogen (secondary N) is 1. The molecule has 0 spiro atoms. The smallest absolute Gasteiger partial charge is 0.242 e. The van der Waals surface area contributed by atoms with Crippen LogP contribution in [0, 0.1) is 5.92 Å². The molecule has 2 N–H and O–H groups in total. The highest BCUT2D eigenvalue weighted by Crippen LogP contribution is 2.20. The van der Waals surface area contributed by atoms with Gasteiger partial charge < -0.3 is 15.3 Å². The molecule has 0 aromatic rings. The van der Waals surface area contributed by atoms with Crippen LogP contribution in [0.3, 0.4) is 0 Å². The second-order valence-electron chi connectivity index (χ2n) is 7.50. The molecule has 0 saturated carbocycles. The standard InChI is InChI=1S/C18H34N2O3/c1-5-8-16(21)20-12-7-6-9-15(20)17(22)19-13-18(4,23)11-10-14(2)3/h14-15,23H,5-13H2,1-4H3,(H,19,22)/t15-,18-/m1/s1. The first-order valence-corrected chi connectivity index (χ1v) is 9.06. The molecular weight excluding hydrogens is 292 g/mol. The Kier molecular flexibility index (Phi) is 8.03. The minimum atomic E-state index is -0.896. The van der Waals surface area contributed by atoms with Crippen molar-refractivity contribution < 1.29 is 14.7 Å². The SMILES string of the molecule is CCCC(=O)N1CCCC[C@@H]1C(=O)NC[C@](C)(O)CCC(C)C. The first kappa shape index (κ1) is 19.9. The van der Waals surface area contributed by atoms with Gasteiger partial charge in [0.05, 0.1) is 5.60 Å². The summed E-state index contributed by atoms with van der Waals surface area (Å²) in [4.78, 5) is 26.4. The van der Waals surface area contributed by atoms with Crippen molar-refractivity contribution in [3.63, 3.8) is 0 Å². The van der Waals surface area contributed by atoms with Gasteiger partial charge in [-0.2, -0.15) is 0 Å². The third-order valence-corrected chi connectivity index (χ3v) is 4.49. The van der Waals surface area contributed by atoms with Gasteiger partial charge in [0.25, 0.3) is 0 Å². The predicted octanol–water partition coefficient (Wildman–Crippen LogP) is 2.47. The van der Waals surface area contributed by atoms with E-state index in [2.05, 4.69) is 19.2 Å². The van der Waals surface area contributed by atoms with E-state index in [4.69, 9.17) is 0 Å². The summed E-state index contributed by atoms with van der Waals surface area (Å²) in [6, 6.07) is -0.372. The maximum atomic E-state index is 12.5. The summed E-state index contributed by atoms with van der Waals surface area (Å²) in [5.41, 5.74) is -0.896. The molecule has 0 aliphatic carbocycles. The topological polar surface area (TPSA) is 69.6 Å². The molecule has 0 bridgehead atoms. The van der Waals surface area contributed by atoms with Crippen molar-refractivity contribution in [3.8, 4) is 0 Å². The molecule has 1 fully saturated rings. The zero-order chi connectivity index (χ0) is 17.5. The van der Waals surface area contributed by atoms with E-state index in [1.165, 1.54) is 0 Å². The highest BCUT2D eigenvalue weighted by atomic mass is 16.3. The molecule has 1 saturated heterocycles. The van der Waals surface area contributed by atoms with Crippen molar-refractivity contribution >= 4 is 11.8 Å². The fraction of sp³-hybridized carbons (Fsp3) is 0.889. The lowest BCUT2D eigenvalue weighted by molar-refractivity contribution is -0.142. The number of carbonyl (C=O) groups is 2. The van der Waals surface area contributed by atoms with Crippen LogP contribution in [0.2, 0.25) is 0 Å². The summed E-state index contributed by atoms with van der Waals surface area (Å²) in [6.45, 7) is 8.88. The van der Waals surface area contributed by atoms with Gasteiger partial charge in [-0.3, -0.25) is 9.59 Å². The fourth-order valence-corrected chi connectivity index (χ4v) is 2.94. The van der Waals surface area contributed by atoms with E-state index < -0.39 is 5.60 Å². The summed E-state index contributed by atoms with van der Waals surface area (Å²) in [5, 5.41) is 13.2. The number of likely N-dealkylation sites (tertiary alicyclic amines) is 1.